The van der Waals surface area contributed by atoms with Crippen molar-refractivity contribution < 1.29 is 9.52 Å². The van der Waals surface area contributed by atoms with Gasteiger partial charge in [-0.15, -0.1) is 0 Å². The third-order valence-corrected chi connectivity index (χ3v) is 1.63. The molecule has 0 aliphatic rings. The Morgan fingerprint density at radius 1 is 1.58 bits per heavy atom. The summed E-state index contributed by atoms with van der Waals surface area (Å²) in [5.41, 5.74) is 0. The quantitative estimate of drug-likeness (QED) is 0.697. The van der Waals surface area contributed by atoms with Crippen molar-refractivity contribution in [1.29, 1.82) is 0 Å². The van der Waals surface area contributed by atoms with Crippen LogP contribution in [0.2, 0.25) is 0 Å². The molecule has 0 bridgehead atoms. The van der Waals surface area contributed by atoms with Crippen LogP contribution in [0.25, 0.3) is 0 Å². The van der Waals surface area contributed by atoms with Crippen molar-refractivity contribution in [2.75, 3.05) is 0 Å². The van der Waals surface area contributed by atoms with Gasteiger partial charge in [0.2, 0.25) is 0 Å². The summed E-state index contributed by atoms with van der Waals surface area (Å²) in [5, 5.41) is 9.49. The van der Waals surface area contributed by atoms with Crippen LogP contribution in [0.15, 0.2) is 35.0 Å². The van der Waals surface area contributed by atoms with E-state index < -0.39 is 6.10 Å². The SMILES string of the molecule is CC/C=C\CC(O)c1ccco1. The summed E-state index contributed by atoms with van der Waals surface area (Å²) in [5.74, 6) is 0.635. The van der Waals surface area contributed by atoms with E-state index in [1.54, 1.807) is 18.4 Å². The Hall–Kier alpha value is -1.02. The molecule has 0 radical (unpaired) electrons. The molecule has 1 atom stereocenters. The molecule has 0 aliphatic carbocycles. The number of rotatable bonds is 4. The van der Waals surface area contributed by atoms with E-state index in [0.717, 1.165) is 6.42 Å². The molecule has 0 spiro atoms. The molecule has 1 aromatic rings. The molecule has 0 fully saturated rings. The molecule has 1 aromatic heterocycles. The van der Waals surface area contributed by atoms with E-state index in [2.05, 4.69) is 6.92 Å². The Morgan fingerprint density at radius 3 is 3.00 bits per heavy atom. The molecule has 2 nitrogen and oxygen atoms in total. The van der Waals surface area contributed by atoms with E-state index in [1.807, 2.05) is 12.2 Å². The first-order valence-electron chi connectivity index (χ1n) is 4.21. The van der Waals surface area contributed by atoms with Gasteiger partial charge in [0.15, 0.2) is 0 Å². The molecule has 0 saturated carbocycles. The summed E-state index contributed by atoms with van der Waals surface area (Å²) < 4.78 is 5.04. The van der Waals surface area contributed by atoms with Crippen molar-refractivity contribution in [2.45, 2.75) is 25.9 Å². The van der Waals surface area contributed by atoms with Crippen LogP contribution in [0.3, 0.4) is 0 Å². The standard InChI is InChI=1S/C10H14O2/c1-2-3-4-6-9(11)10-7-5-8-12-10/h3-5,7-9,11H,2,6H2,1H3/b4-3-. The summed E-state index contributed by atoms with van der Waals surface area (Å²) in [4.78, 5) is 0. The maximum absolute atomic E-state index is 9.49. The lowest BCUT2D eigenvalue weighted by Gasteiger charge is -2.02. The normalized spacial score (nSPS) is 13.8. The van der Waals surface area contributed by atoms with Gasteiger partial charge < -0.3 is 9.52 Å². The topological polar surface area (TPSA) is 33.4 Å². The third-order valence-electron chi connectivity index (χ3n) is 1.63. The summed E-state index contributed by atoms with van der Waals surface area (Å²) >= 11 is 0. The van der Waals surface area contributed by atoms with E-state index in [0.29, 0.717) is 12.2 Å². The molecule has 0 aliphatic heterocycles. The number of aliphatic hydroxyl groups is 1. The Balaban J connectivity index is 2.39. The number of hydrogen-bond donors (Lipinski definition) is 1. The molecule has 0 amide bonds. The highest BCUT2D eigenvalue weighted by atomic mass is 16.4. The maximum atomic E-state index is 9.49. The van der Waals surface area contributed by atoms with Crippen molar-refractivity contribution in [3.8, 4) is 0 Å². The predicted octanol–water partition coefficient (Wildman–Crippen LogP) is 2.67. The number of allylic oxidation sites excluding steroid dienone is 1. The fourth-order valence-electron chi connectivity index (χ4n) is 0.989. The summed E-state index contributed by atoms with van der Waals surface area (Å²) in [7, 11) is 0. The van der Waals surface area contributed by atoms with Crippen LogP contribution in [0.5, 0.6) is 0 Å². The zero-order chi connectivity index (χ0) is 8.81. The van der Waals surface area contributed by atoms with Crippen molar-refractivity contribution in [1.82, 2.24) is 0 Å². The summed E-state index contributed by atoms with van der Waals surface area (Å²) in [6, 6.07) is 3.56. The smallest absolute Gasteiger partial charge is 0.132 e. The first-order chi connectivity index (χ1) is 5.84. The van der Waals surface area contributed by atoms with Gasteiger partial charge in [0.25, 0.3) is 0 Å². The van der Waals surface area contributed by atoms with Gasteiger partial charge in [-0.2, -0.15) is 0 Å². The molecule has 1 unspecified atom stereocenters. The number of aliphatic hydroxyl groups excluding tert-OH is 1. The molecule has 66 valence electrons. The van der Waals surface area contributed by atoms with Crippen LogP contribution in [0, 0.1) is 0 Å². The first-order valence-corrected chi connectivity index (χ1v) is 4.21. The van der Waals surface area contributed by atoms with Gasteiger partial charge in [-0.25, -0.2) is 0 Å². The highest BCUT2D eigenvalue weighted by Gasteiger charge is 2.06. The minimum Gasteiger partial charge on any atom is -0.467 e. The first kappa shape index (κ1) is 9.07. The van der Waals surface area contributed by atoms with E-state index in [1.165, 1.54) is 0 Å². The Morgan fingerprint density at radius 2 is 2.42 bits per heavy atom. The van der Waals surface area contributed by atoms with Gasteiger partial charge in [0.05, 0.1) is 6.26 Å². The molecule has 0 saturated heterocycles. The lowest BCUT2D eigenvalue weighted by molar-refractivity contribution is 0.153. The van der Waals surface area contributed by atoms with Gasteiger partial charge >= 0.3 is 0 Å². The summed E-state index contributed by atoms with van der Waals surface area (Å²) in [6.07, 6.45) is 6.70. The van der Waals surface area contributed by atoms with Gasteiger partial charge in [0, 0.05) is 0 Å². The molecule has 1 rings (SSSR count). The average molecular weight is 166 g/mol. The van der Waals surface area contributed by atoms with Crippen LogP contribution < -0.4 is 0 Å². The Bertz CT molecular complexity index is 224. The van der Waals surface area contributed by atoms with E-state index >= 15 is 0 Å². The average Bonchev–Trinajstić information content (AvgIpc) is 2.56. The molecule has 2 heteroatoms. The van der Waals surface area contributed by atoms with Crippen LogP contribution in [-0.2, 0) is 0 Å². The third kappa shape index (κ3) is 2.55. The van der Waals surface area contributed by atoms with Gasteiger partial charge in [-0.1, -0.05) is 19.1 Å². The molecule has 0 aromatic carbocycles. The van der Waals surface area contributed by atoms with Crippen molar-refractivity contribution in [2.24, 2.45) is 0 Å². The zero-order valence-corrected chi connectivity index (χ0v) is 7.23. The lowest BCUT2D eigenvalue weighted by atomic mass is 10.2. The van der Waals surface area contributed by atoms with Crippen LogP contribution >= 0.6 is 0 Å². The molecular formula is C10H14O2. The summed E-state index contributed by atoms with van der Waals surface area (Å²) in [6.45, 7) is 2.07. The van der Waals surface area contributed by atoms with Crippen molar-refractivity contribution in [3.63, 3.8) is 0 Å². The molecular weight excluding hydrogens is 152 g/mol. The van der Waals surface area contributed by atoms with Crippen LogP contribution in [0.4, 0.5) is 0 Å². The Labute approximate surface area is 72.5 Å². The van der Waals surface area contributed by atoms with Gasteiger partial charge in [-0.05, 0) is 25.0 Å². The fraction of sp³-hybridized carbons (Fsp3) is 0.400. The van der Waals surface area contributed by atoms with Gasteiger partial charge in [-0.3, -0.25) is 0 Å². The number of furan rings is 1. The highest BCUT2D eigenvalue weighted by Crippen LogP contribution is 2.16. The second kappa shape index (κ2) is 4.78. The largest absolute Gasteiger partial charge is 0.467 e. The van der Waals surface area contributed by atoms with Gasteiger partial charge in [0.1, 0.15) is 11.9 Å². The van der Waals surface area contributed by atoms with Crippen molar-refractivity contribution in [3.05, 3.63) is 36.3 Å². The van der Waals surface area contributed by atoms with E-state index in [9.17, 15) is 5.11 Å². The van der Waals surface area contributed by atoms with Crippen molar-refractivity contribution >= 4 is 0 Å². The second-order valence-corrected chi connectivity index (χ2v) is 2.65. The van der Waals surface area contributed by atoms with Crippen LogP contribution in [-0.4, -0.2) is 5.11 Å². The van der Waals surface area contributed by atoms with E-state index in [-0.39, 0.29) is 0 Å². The minimum atomic E-state index is -0.497. The Kier molecular flexibility index (Phi) is 3.61. The lowest BCUT2D eigenvalue weighted by Crippen LogP contribution is -1.92. The molecule has 1 heterocycles. The molecule has 1 N–H and O–H groups in total. The van der Waals surface area contributed by atoms with Crippen LogP contribution in [0.1, 0.15) is 31.6 Å². The second-order valence-electron chi connectivity index (χ2n) is 2.65. The maximum Gasteiger partial charge on any atom is 0.132 e. The number of hydrogen-bond acceptors (Lipinski definition) is 2. The fourth-order valence-corrected chi connectivity index (χ4v) is 0.989. The van der Waals surface area contributed by atoms with E-state index in [4.69, 9.17) is 4.42 Å². The molecule has 12 heavy (non-hydrogen) atoms. The zero-order valence-electron chi connectivity index (χ0n) is 7.23. The highest BCUT2D eigenvalue weighted by molar-refractivity contribution is 5.03. The monoisotopic (exact) mass is 166 g/mol. The predicted molar refractivity (Wildman–Crippen MR) is 47.7 cm³/mol. The minimum absolute atomic E-state index is 0.497.